The lowest BCUT2D eigenvalue weighted by Gasteiger charge is -2.07. The summed E-state index contributed by atoms with van der Waals surface area (Å²) in [5, 5.41) is 15.5. The summed E-state index contributed by atoms with van der Waals surface area (Å²) in [5.74, 6) is 1.54. The number of nitrogens with one attached hydrogen (secondary N) is 1. The summed E-state index contributed by atoms with van der Waals surface area (Å²) in [6.45, 7) is 11.0. The van der Waals surface area contributed by atoms with Crippen molar-refractivity contribution >= 4 is 0 Å². The molecule has 1 aliphatic rings. The first-order valence-electron chi connectivity index (χ1n) is 7.48. The Hall–Kier alpha value is -1.75. The van der Waals surface area contributed by atoms with Crippen LogP contribution in [0.15, 0.2) is 30.3 Å². The highest BCUT2D eigenvalue weighted by Gasteiger charge is 2.63. The molecule has 112 valence electrons. The molecular formula is C16H23N5. The third-order valence-corrected chi connectivity index (χ3v) is 5.49. The third-order valence-electron chi connectivity index (χ3n) is 5.49. The van der Waals surface area contributed by atoms with E-state index >= 15 is 0 Å². The molecule has 0 spiro atoms. The van der Waals surface area contributed by atoms with Crippen LogP contribution in [0.4, 0.5) is 0 Å². The Morgan fingerprint density at radius 1 is 1.10 bits per heavy atom. The van der Waals surface area contributed by atoms with E-state index in [0.717, 1.165) is 18.1 Å². The SMILES string of the molecule is CC1(C)C(CNCc2nnnn2-c2ccccc2)C1(C)C. The molecule has 2 aromatic rings. The summed E-state index contributed by atoms with van der Waals surface area (Å²) in [6.07, 6.45) is 0. The molecule has 1 saturated carbocycles. The van der Waals surface area contributed by atoms with Crippen molar-refractivity contribution < 1.29 is 0 Å². The molecule has 1 aromatic carbocycles. The second-order valence-corrected chi connectivity index (χ2v) is 6.97. The van der Waals surface area contributed by atoms with Crippen molar-refractivity contribution in [2.75, 3.05) is 6.54 Å². The zero-order valence-electron chi connectivity index (χ0n) is 13.2. The van der Waals surface area contributed by atoms with Crippen LogP contribution >= 0.6 is 0 Å². The molecule has 5 heteroatoms. The fourth-order valence-electron chi connectivity index (χ4n) is 3.26. The number of rotatable bonds is 5. The first-order valence-corrected chi connectivity index (χ1v) is 7.48. The van der Waals surface area contributed by atoms with Gasteiger partial charge < -0.3 is 5.32 Å². The summed E-state index contributed by atoms with van der Waals surface area (Å²) < 4.78 is 1.79. The van der Waals surface area contributed by atoms with Gasteiger partial charge in [0, 0.05) is 0 Å². The van der Waals surface area contributed by atoms with E-state index in [1.165, 1.54) is 0 Å². The van der Waals surface area contributed by atoms with Crippen LogP contribution in [0, 0.1) is 16.7 Å². The van der Waals surface area contributed by atoms with Gasteiger partial charge in [-0.3, -0.25) is 0 Å². The van der Waals surface area contributed by atoms with E-state index < -0.39 is 0 Å². The molecular weight excluding hydrogens is 262 g/mol. The summed E-state index contributed by atoms with van der Waals surface area (Å²) in [5.41, 5.74) is 1.81. The van der Waals surface area contributed by atoms with E-state index in [2.05, 4.69) is 48.5 Å². The molecule has 0 radical (unpaired) electrons. The molecule has 3 rings (SSSR count). The zero-order chi connectivity index (χ0) is 15.1. The fraction of sp³-hybridized carbons (Fsp3) is 0.562. The van der Waals surface area contributed by atoms with Crippen LogP contribution in [0.1, 0.15) is 33.5 Å². The Kier molecular flexibility index (Phi) is 3.32. The minimum absolute atomic E-state index is 0.408. The second kappa shape index (κ2) is 4.91. The minimum atomic E-state index is 0.408. The number of hydrogen-bond acceptors (Lipinski definition) is 4. The smallest absolute Gasteiger partial charge is 0.170 e. The first-order chi connectivity index (χ1) is 9.94. The standard InChI is InChI=1S/C16H23N5/c1-15(2)13(16(15,3)4)10-17-11-14-18-19-20-21(14)12-8-6-5-7-9-12/h5-9,13,17H,10-11H2,1-4H3. The summed E-state index contributed by atoms with van der Waals surface area (Å²) in [7, 11) is 0. The Balaban J connectivity index is 1.62. The van der Waals surface area contributed by atoms with Gasteiger partial charge in [0.1, 0.15) is 0 Å². The van der Waals surface area contributed by atoms with Crippen LogP contribution < -0.4 is 5.32 Å². The molecule has 0 unspecified atom stereocenters. The van der Waals surface area contributed by atoms with Crippen LogP contribution in [0.25, 0.3) is 5.69 Å². The van der Waals surface area contributed by atoms with Gasteiger partial charge in [-0.25, -0.2) is 0 Å². The lowest BCUT2D eigenvalue weighted by atomic mass is 10.0. The maximum atomic E-state index is 4.12. The molecule has 0 bridgehead atoms. The van der Waals surface area contributed by atoms with Crippen LogP contribution in [0.2, 0.25) is 0 Å². The van der Waals surface area contributed by atoms with Gasteiger partial charge in [-0.1, -0.05) is 45.9 Å². The fourth-order valence-corrected chi connectivity index (χ4v) is 3.26. The van der Waals surface area contributed by atoms with Gasteiger partial charge in [-0.15, -0.1) is 5.10 Å². The summed E-state index contributed by atoms with van der Waals surface area (Å²) >= 11 is 0. The molecule has 21 heavy (non-hydrogen) atoms. The predicted octanol–water partition coefficient (Wildman–Crippen LogP) is 2.43. The Morgan fingerprint density at radius 3 is 2.38 bits per heavy atom. The van der Waals surface area contributed by atoms with Crippen molar-refractivity contribution in [3.8, 4) is 5.69 Å². The molecule has 0 atom stereocenters. The van der Waals surface area contributed by atoms with Crippen molar-refractivity contribution in [1.29, 1.82) is 0 Å². The van der Waals surface area contributed by atoms with Crippen molar-refractivity contribution in [2.45, 2.75) is 34.2 Å². The van der Waals surface area contributed by atoms with Gasteiger partial charge in [-0.2, -0.15) is 4.68 Å². The van der Waals surface area contributed by atoms with E-state index in [1.807, 2.05) is 30.3 Å². The van der Waals surface area contributed by atoms with Gasteiger partial charge in [-0.05, 0) is 45.9 Å². The quantitative estimate of drug-likeness (QED) is 0.916. The maximum absolute atomic E-state index is 4.12. The molecule has 1 aliphatic carbocycles. The monoisotopic (exact) mass is 285 g/mol. The van der Waals surface area contributed by atoms with Crippen LogP contribution in [0.5, 0.6) is 0 Å². The molecule has 0 aliphatic heterocycles. The molecule has 5 nitrogen and oxygen atoms in total. The van der Waals surface area contributed by atoms with Crippen molar-refractivity contribution in [1.82, 2.24) is 25.5 Å². The number of hydrogen-bond donors (Lipinski definition) is 1. The number of para-hydroxylation sites is 1. The molecule has 0 saturated heterocycles. The Morgan fingerprint density at radius 2 is 1.76 bits per heavy atom. The highest BCUT2D eigenvalue weighted by molar-refractivity contribution is 5.30. The number of aromatic nitrogens is 4. The number of tetrazole rings is 1. The lowest BCUT2D eigenvalue weighted by molar-refractivity contribution is 0.457. The van der Waals surface area contributed by atoms with Crippen molar-refractivity contribution in [3.05, 3.63) is 36.2 Å². The van der Waals surface area contributed by atoms with Gasteiger partial charge in [0.25, 0.3) is 0 Å². The molecule has 1 fully saturated rings. The van der Waals surface area contributed by atoms with Crippen LogP contribution in [0.3, 0.4) is 0 Å². The minimum Gasteiger partial charge on any atom is -0.309 e. The summed E-state index contributed by atoms with van der Waals surface area (Å²) in [4.78, 5) is 0. The summed E-state index contributed by atoms with van der Waals surface area (Å²) in [6, 6.07) is 9.98. The largest absolute Gasteiger partial charge is 0.309 e. The van der Waals surface area contributed by atoms with Crippen LogP contribution in [-0.2, 0) is 6.54 Å². The number of nitrogens with zero attached hydrogens (tertiary/aromatic N) is 4. The van der Waals surface area contributed by atoms with E-state index in [4.69, 9.17) is 0 Å². The maximum Gasteiger partial charge on any atom is 0.170 e. The van der Waals surface area contributed by atoms with E-state index in [0.29, 0.717) is 23.3 Å². The Labute approximate surface area is 125 Å². The third kappa shape index (κ3) is 2.35. The van der Waals surface area contributed by atoms with E-state index in [1.54, 1.807) is 4.68 Å². The number of benzene rings is 1. The lowest BCUT2D eigenvalue weighted by Crippen LogP contribution is -2.21. The first kappa shape index (κ1) is 14.2. The Bertz CT molecular complexity index is 601. The normalized spacial score (nSPS) is 19.6. The molecule has 0 amide bonds. The topological polar surface area (TPSA) is 55.6 Å². The highest BCUT2D eigenvalue weighted by atomic mass is 15.5. The highest BCUT2D eigenvalue weighted by Crippen LogP contribution is 2.67. The van der Waals surface area contributed by atoms with Gasteiger partial charge in [0.2, 0.25) is 0 Å². The zero-order valence-corrected chi connectivity index (χ0v) is 13.2. The van der Waals surface area contributed by atoms with Gasteiger partial charge in [0.05, 0.1) is 12.2 Å². The average molecular weight is 285 g/mol. The molecule has 1 aromatic heterocycles. The average Bonchev–Trinajstić information content (AvgIpc) is 2.83. The molecule has 1 heterocycles. The van der Waals surface area contributed by atoms with Crippen molar-refractivity contribution in [3.63, 3.8) is 0 Å². The second-order valence-electron chi connectivity index (χ2n) is 6.97. The van der Waals surface area contributed by atoms with Gasteiger partial charge >= 0.3 is 0 Å². The van der Waals surface area contributed by atoms with Gasteiger partial charge in [0.15, 0.2) is 5.82 Å². The van der Waals surface area contributed by atoms with Crippen LogP contribution in [-0.4, -0.2) is 26.8 Å². The van der Waals surface area contributed by atoms with E-state index in [9.17, 15) is 0 Å². The van der Waals surface area contributed by atoms with Crippen molar-refractivity contribution in [2.24, 2.45) is 16.7 Å². The van der Waals surface area contributed by atoms with E-state index in [-0.39, 0.29) is 0 Å². The predicted molar refractivity (Wildman–Crippen MR) is 81.9 cm³/mol. The molecule has 1 N–H and O–H groups in total.